The summed E-state index contributed by atoms with van der Waals surface area (Å²) in [5.74, 6) is -0.556. The van der Waals surface area contributed by atoms with Gasteiger partial charge in [0.2, 0.25) is 11.8 Å². The normalized spacial score (nSPS) is 21.6. The van der Waals surface area contributed by atoms with Gasteiger partial charge in [0.25, 0.3) is 5.91 Å². The average molecular weight is 315 g/mol. The molecular weight excluding hydrogens is 294 g/mol. The Morgan fingerprint density at radius 2 is 1.83 bits per heavy atom. The number of piperidine rings is 1. The van der Waals surface area contributed by atoms with E-state index in [0.717, 1.165) is 31.5 Å². The zero-order valence-electron chi connectivity index (χ0n) is 13.0. The Labute approximate surface area is 135 Å². The van der Waals surface area contributed by atoms with E-state index in [9.17, 15) is 14.4 Å². The molecule has 2 heterocycles. The second-order valence-corrected chi connectivity index (χ2v) is 6.19. The van der Waals surface area contributed by atoms with Crippen LogP contribution in [0.15, 0.2) is 24.3 Å². The summed E-state index contributed by atoms with van der Waals surface area (Å²) in [5.41, 5.74) is 6.76. The number of anilines is 1. The average Bonchev–Trinajstić information content (AvgIpc) is 3.00. The maximum atomic E-state index is 12.6. The van der Waals surface area contributed by atoms with Crippen molar-refractivity contribution < 1.29 is 14.4 Å². The molecule has 0 aliphatic carbocycles. The van der Waals surface area contributed by atoms with Crippen LogP contribution in [0.1, 0.15) is 36.0 Å². The summed E-state index contributed by atoms with van der Waals surface area (Å²) >= 11 is 0. The third-order valence-electron chi connectivity index (χ3n) is 4.61. The van der Waals surface area contributed by atoms with E-state index in [0.29, 0.717) is 25.1 Å². The molecule has 1 unspecified atom stereocenters. The zero-order valence-corrected chi connectivity index (χ0v) is 13.0. The minimum Gasteiger partial charge on any atom is -0.369 e. The second kappa shape index (κ2) is 6.40. The van der Waals surface area contributed by atoms with E-state index in [1.807, 2.05) is 12.1 Å². The van der Waals surface area contributed by atoms with Crippen LogP contribution in [0.3, 0.4) is 0 Å². The van der Waals surface area contributed by atoms with Crippen molar-refractivity contribution in [3.05, 3.63) is 29.8 Å². The largest absolute Gasteiger partial charge is 0.369 e. The van der Waals surface area contributed by atoms with Gasteiger partial charge in [-0.2, -0.15) is 0 Å². The molecule has 3 rings (SSSR count). The molecule has 0 spiro atoms. The summed E-state index contributed by atoms with van der Waals surface area (Å²) in [5, 5.41) is 0. The predicted octanol–water partition coefficient (Wildman–Crippen LogP) is 1.15. The van der Waals surface area contributed by atoms with Gasteiger partial charge in [-0.05, 0) is 43.5 Å². The summed E-state index contributed by atoms with van der Waals surface area (Å²) < 4.78 is 0. The lowest BCUT2D eigenvalue weighted by Gasteiger charge is -2.31. The highest BCUT2D eigenvalue weighted by atomic mass is 16.2. The Morgan fingerprint density at radius 1 is 1.09 bits per heavy atom. The van der Waals surface area contributed by atoms with Crippen molar-refractivity contribution >= 4 is 23.4 Å². The van der Waals surface area contributed by atoms with Crippen LogP contribution in [0.2, 0.25) is 0 Å². The van der Waals surface area contributed by atoms with Crippen LogP contribution in [0, 0.1) is 5.92 Å². The standard InChI is InChI=1S/C17H21N3O3/c18-16(22)13-3-1-9-19(11-13)17(23)12-5-7-14(8-6-12)20-10-2-4-15(20)21/h5-8,13H,1-4,9-11H2,(H2,18,22). The second-order valence-electron chi connectivity index (χ2n) is 6.19. The van der Waals surface area contributed by atoms with E-state index in [1.54, 1.807) is 21.9 Å². The molecule has 6 nitrogen and oxygen atoms in total. The lowest BCUT2D eigenvalue weighted by molar-refractivity contribution is -0.123. The van der Waals surface area contributed by atoms with Crippen molar-refractivity contribution in [1.29, 1.82) is 0 Å². The molecule has 2 N–H and O–H groups in total. The van der Waals surface area contributed by atoms with Crippen molar-refractivity contribution in [2.75, 3.05) is 24.5 Å². The van der Waals surface area contributed by atoms with Gasteiger partial charge in [0.15, 0.2) is 0 Å². The number of rotatable bonds is 3. The Kier molecular flexibility index (Phi) is 4.32. The monoisotopic (exact) mass is 315 g/mol. The third kappa shape index (κ3) is 3.21. The van der Waals surface area contributed by atoms with Gasteiger partial charge in [0, 0.05) is 37.3 Å². The SMILES string of the molecule is NC(=O)C1CCCN(C(=O)c2ccc(N3CCCC3=O)cc2)C1. The fraction of sp³-hybridized carbons (Fsp3) is 0.471. The van der Waals surface area contributed by atoms with Gasteiger partial charge in [-0.3, -0.25) is 14.4 Å². The van der Waals surface area contributed by atoms with E-state index in [2.05, 4.69) is 0 Å². The highest BCUT2D eigenvalue weighted by Crippen LogP contribution is 2.23. The molecule has 1 aromatic carbocycles. The Hall–Kier alpha value is -2.37. The maximum absolute atomic E-state index is 12.6. The van der Waals surface area contributed by atoms with Crippen molar-refractivity contribution in [2.45, 2.75) is 25.7 Å². The number of amides is 3. The predicted molar refractivity (Wildman–Crippen MR) is 85.9 cm³/mol. The molecule has 2 aliphatic rings. The van der Waals surface area contributed by atoms with Gasteiger partial charge in [0.1, 0.15) is 0 Å². The Bertz CT molecular complexity index is 626. The van der Waals surface area contributed by atoms with E-state index in [1.165, 1.54) is 0 Å². The molecule has 1 atom stereocenters. The van der Waals surface area contributed by atoms with Crippen molar-refractivity contribution in [3.8, 4) is 0 Å². The van der Waals surface area contributed by atoms with Gasteiger partial charge in [-0.1, -0.05) is 0 Å². The van der Waals surface area contributed by atoms with E-state index < -0.39 is 0 Å². The molecule has 0 aromatic heterocycles. The van der Waals surface area contributed by atoms with Crippen molar-refractivity contribution in [1.82, 2.24) is 4.90 Å². The molecular formula is C17H21N3O3. The van der Waals surface area contributed by atoms with Crippen LogP contribution in [0.25, 0.3) is 0 Å². The van der Waals surface area contributed by atoms with Crippen LogP contribution in [0.4, 0.5) is 5.69 Å². The number of carbonyl (C=O) groups is 3. The molecule has 2 aliphatic heterocycles. The van der Waals surface area contributed by atoms with Crippen LogP contribution in [0.5, 0.6) is 0 Å². The molecule has 1 aromatic rings. The number of hydrogen-bond donors (Lipinski definition) is 1. The molecule has 0 bridgehead atoms. The van der Waals surface area contributed by atoms with E-state index in [-0.39, 0.29) is 23.6 Å². The first kappa shape index (κ1) is 15.5. The van der Waals surface area contributed by atoms with Gasteiger partial charge >= 0.3 is 0 Å². The number of primary amides is 1. The van der Waals surface area contributed by atoms with E-state index >= 15 is 0 Å². The number of nitrogens with two attached hydrogens (primary N) is 1. The summed E-state index contributed by atoms with van der Waals surface area (Å²) in [7, 11) is 0. The fourth-order valence-corrected chi connectivity index (χ4v) is 3.28. The quantitative estimate of drug-likeness (QED) is 0.908. The number of nitrogens with zero attached hydrogens (tertiary/aromatic N) is 2. The lowest BCUT2D eigenvalue weighted by atomic mass is 9.97. The smallest absolute Gasteiger partial charge is 0.253 e. The van der Waals surface area contributed by atoms with Crippen molar-refractivity contribution in [3.63, 3.8) is 0 Å². The highest BCUT2D eigenvalue weighted by Gasteiger charge is 2.28. The number of benzene rings is 1. The molecule has 0 saturated carbocycles. The van der Waals surface area contributed by atoms with Crippen LogP contribution >= 0.6 is 0 Å². The van der Waals surface area contributed by atoms with E-state index in [4.69, 9.17) is 5.73 Å². The van der Waals surface area contributed by atoms with Gasteiger partial charge in [0.05, 0.1) is 5.92 Å². The lowest BCUT2D eigenvalue weighted by Crippen LogP contribution is -2.44. The topological polar surface area (TPSA) is 83.7 Å². The first-order valence-corrected chi connectivity index (χ1v) is 8.05. The van der Waals surface area contributed by atoms with Gasteiger partial charge in [-0.15, -0.1) is 0 Å². The molecule has 0 radical (unpaired) electrons. The molecule has 3 amide bonds. The Balaban J connectivity index is 1.70. The minimum atomic E-state index is -0.342. The maximum Gasteiger partial charge on any atom is 0.253 e. The summed E-state index contributed by atoms with van der Waals surface area (Å²) in [6.45, 7) is 1.77. The first-order valence-electron chi connectivity index (χ1n) is 8.05. The number of carbonyl (C=O) groups excluding carboxylic acids is 3. The number of likely N-dealkylation sites (tertiary alicyclic amines) is 1. The molecule has 2 fully saturated rings. The fourth-order valence-electron chi connectivity index (χ4n) is 3.28. The molecule has 2 saturated heterocycles. The molecule has 122 valence electrons. The zero-order chi connectivity index (χ0) is 16.4. The van der Waals surface area contributed by atoms with Crippen LogP contribution < -0.4 is 10.6 Å². The number of hydrogen-bond acceptors (Lipinski definition) is 3. The van der Waals surface area contributed by atoms with Crippen molar-refractivity contribution in [2.24, 2.45) is 11.7 Å². The summed E-state index contributed by atoms with van der Waals surface area (Å²) in [4.78, 5) is 39.1. The van der Waals surface area contributed by atoms with Gasteiger partial charge in [-0.25, -0.2) is 0 Å². The summed E-state index contributed by atoms with van der Waals surface area (Å²) in [6, 6.07) is 7.12. The van der Waals surface area contributed by atoms with Crippen LogP contribution in [-0.4, -0.2) is 42.3 Å². The Morgan fingerprint density at radius 3 is 2.43 bits per heavy atom. The highest BCUT2D eigenvalue weighted by molar-refractivity contribution is 5.97. The summed E-state index contributed by atoms with van der Waals surface area (Å²) in [6.07, 6.45) is 3.00. The minimum absolute atomic E-state index is 0.0877. The first-order chi connectivity index (χ1) is 11.1. The van der Waals surface area contributed by atoms with Crippen LogP contribution in [-0.2, 0) is 9.59 Å². The molecule has 23 heavy (non-hydrogen) atoms. The molecule has 6 heteroatoms. The van der Waals surface area contributed by atoms with Gasteiger partial charge < -0.3 is 15.5 Å². The third-order valence-corrected chi connectivity index (χ3v) is 4.61.